The van der Waals surface area contributed by atoms with Gasteiger partial charge in [-0.15, -0.1) is 0 Å². The van der Waals surface area contributed by atoms with Crippen molar-refractivity contribution < 1.29 is 4.39 Å². The molecule has 1 nitrogen and oxygen atoms in total. The second kappa shape index (κ2) is 5.49. The molecule has 1 saturated carbocycles. The lowest BCUT2D eigenvalue weighted by molar-refractivity contribution is 0.369. The van der Waals surface area contributed by atoms with Crippen LogP contribution >= 0.6 is 15.9 Å². The minimum Gasteiger partial charge on any atom is -0.325 e. The molecule has 2 N–H and O–H groups in total. The smallest absolute Gasteiger partial charge is 0.137 e. The molecule has 0 aliphatic heterocycles. The van der Waals surface area contributed by atoms with Gasteiger partial charge in [-0.25, -0.2) is 4.39 Å². The molecule has 1 aliphatic rings. The predicted molar refractivity (Wildman–Crippen MR) is 72.4 cm³/mol. The summed E-state index contributed by atoms with van der Waals surface area (Å²) in [5.41, 5.74) is 7.51. The molecule has 1 aromatic rings. The summed E-state index contributed by atoms with van der Waals surface area (Å²) in [5, 5.41) is 0. The second-order valence-electron chi connectivity index (χ2n) is 5.20. The Balaban J connectivity index is 2.10. The highest BCUT2D eigenvalue weighted by atomic mass is 79.9. The van der Waals surface area contributed by atoms with E-state index in [0.29, 0.717) is 4.47 Å². The molecule has 3 heteroatoms. The monoisotopic (exact) mass is 299 g/mol. The molecular formula is C14H19BrFN. The van der Waals surface area contributed by atoms with Crippen LogP contribution in [-0.2, 0) is 6.42 Å². The third-order valence-electron chi connectivity index (χ3n) is 3.64. The average Bonchev–Trinajstić information content (AvgIpc) is 2.49. The molecule has 0 aromatic heterocycles. The molecule has 0 spiro atoms. The molecule has 1 aliphatic carbocycles. The fourth-order valence-electron chi connectivity index (χ4n) is 2.67. The molecular weight excluding hydrogens is 281 g/mol. The number of nitrogens with two attached hydrogens (primary N) is 1. The first-order chi connectivity index (χ1) is 8.09. The van der Waals surface area contributed by atoms with Crippen LogP contribution < -0.4 is 5.73 Å². The molecule has 0 saturated heterocycles. The first-order valence-electron chi connectivity index (χ1n) is 6.32. The maximum absolute atomic E-state index is 13.2. The average molecular weight is 300 g/mol. The van der Waals surface area contributed by atoms with Crippen LogP contribution in [0, 0.1) is 5.82 Å². The van der Waals surface area contributed by atoms with Crippen LogP contribution in [0.5, 0.6) is 0 Å². The Hall–Kier alpha value is -0.410. The van der Waals surface area contributed by atoms with Gasteiger partial charge in [-0.05, 0) is 52.9 Å². The highest BCUT2D eigenvalue weighted by molar-refractivity contribution is 9.10. The van der Waals surface area contributed by atoms with Crippen molar-refractivity contribution in [1.29, 1.82) is 0 Å². The summed E-state index contributed by atoms with van der Waals surface area (Å²) in [7, 11) is 0. The molecule has 0 unspecified atom stereocenters. The summed E-state index contributed by atoms with van der Waals surface area (Å²) in [6.07, 6.45) is 8.06. The lowest BCUT2D eigenvalue weighted by Gasteiger charge is -2.28. The van der Waals surface area contributed by atoms with Gasteiger partial charge in [0.25, 0.3) is 0 Å². The number of halogens is 2. The summed E-state index contributed by atoms with van der Waals surface area (Å²) in [5.74, 6) is -0.208. The standard InChI is InChI=1S/C14H19BrFN/c15-12-9-11(5-6-13(12)16)10-14(17)7-3-1-2-4-8-14/h5-6,9H,1-4,7-8,10,17H2. The van der Waals surface area contributed by atoms with Crippen LogP contribution in [0.25, 0.3) is 0 Å². The van der Waals surface area contributed by atoms with E-state index in [1.807, 2.05) is 12.1 Å². The zero-order valence-electron chi connectivity index (χ0n) is 10.0. The van der Waals surface area contributed by atoms with E-state index in [9.17, 15) is 4.39 Å². The van der Waals surface area contributed by atoms with Gasteiger partial charge in [0.1, 0.15) is 5.82 Å². The highest BCUT2D eigenvalue weighted by Gasteiger charge is 2.26. The SMILES string of the molecule is NC1(Cc2ccc(F)c(Br)c2)CCCCCC1. The van der Waals surface area contributed by atoms with Crippen molar-refractivity contribution in [3.8, 4) is 0 Å². The fourth-order valence-corrected chi connectivity index (χ4v) is 3.09. The fraction of sp³-hybridized carbons (Fsp3) is 0.571. The molecule has 0 amide bonds. The number of hydrogen-bond donors (Lipinski definition) is 1. The van der Waals surface area contributed by atoms with Gasteiger partial charge in [0, 0.05) is 5.54 Å². The molecule has 94 valence electrons. The zero-order valence-corrected chi connectivity index (χ0v) is 11.6. The molecule has 0 heterocycles. The summed E-state index contributed by atoms with van der Waals surface area (Å²) in [4.78, 5) is 0. The molecule has 17 heavy (non-hydrogen) atoms. The van der Waals surface area contributed by atoms with E-state index in [0.717, 1.165) is 24.8 Å². The van der Waals surface area contributed by atoms with Gasteiger partial charge in [0.05, 0.1) is 4.47 Å². The Morgan fingerprint density at radius 3 is 2.41 bits per heavy atom. The molecule has 2 rings (SSSR count). The molecule has 0 atom stereocenters. The quantitative estimate of drug-likeness (QED) is 0.815. The van der Waals surface area contributed by atoms with Crippen molar-refractivity contribution in [3.63, 3.8) is 0 Å². The predicted octanol–water partition coefficient (Wildman–Crippen LogP) is 4.18. The third kappa shape index (κ3) is 3.52. The maximum Gasteiger partial charge on any atom is 0.137 e. The molecule has 1 fully saturated rings. The first-order valence-corrected chi connectivity index (χ1v) is 7.11. The van der Waals surface area contributed by atoms with Gasteiger partial charge in [0.2, 0.25) is 0 Å². The number of rotatable bonds is 2. The minimum atomic E-state index is -0.208. The molecule has 0 bridgehead atoms. The van der Waals surface area contributed by atoms with E-state index >= 15 is 0 Å². The van der Waals surface area contributed by atoms with Crippen LogP contribution in [-0.4, -0.2) is 5.54 Å². The van der Waals surface area contributed by atoms with Gasteiger partial charge < -0.3 is 5.73 Å². The third-order valence-corrected chi connectivity index (χ3v) is 4.25. The second-order valence-corrected chi connectivity index (χ2v) is 6.06. The van der Waals surface area contributed by atoms with Crippen LogP contribution in [0.15, 0.2) is 22.7 Å². The Morgan fingerprint density at radius 1 is 1.18 bits per heavy atom. The Bertz CT molecular complexity index is 384. The van der Waals surface area contributed by atoms with Crippen molar-refractivity contribution in [3.05, 3.63) is 34.1 Å². The van der Waals surface area contributed by atoms with Crippen molar-refractivity contribution in [2.45, 2.75) is 50.5 Å². The summed E-state index contributed by atoms with van der Waals surface area (Å²) >= 11 is 3.23. The lowest BCUT2D eigenvalue weighted by Crippen LogP contribution is -2.41. The van der Waals surface area contributed by atoms with Gasteiger partial charge in [0.15, 0.2) is 0 Å². The summed E-state index contributed by atoms with van der Waals surface area (Å²) < 4.78 is 13.7. The van der Waals surface area contributed by atoms with E-state index in [1.54, 1.807) is 0 Å². The highest BCUT2D eigenvalue weighted by Crippen LogP contribution is 2.29. The van der Waals surface area contributed by atoms with Crippen molar-refractivity contribution in [2.75, 3.05) is 0 Å². The Morgan fingerprint density at radius 2 is 1.82 bits per heavy atom. The van der Waals surface area contributed by atoms with Crippen LogP contribution in [0.2, 0.25) is 0 Å². The van der Waals surface area contributed by atoms with Gasteiger partial charge >= 0.3 is 0 Å². The first kappa shape index (κ1) is 13.0. The topological polar surface area (TPSA) is 26.0 Å². The van der Waals surface area contributed by atoms with Crippen LogP contribution in [0.3, 0.4) is 0 Å². The van der Waals surface area contributed by atoms with Crippen LogP contribution in [0.4, 0.5) is 4.39 Å². The Labute approximate surface area is 111 Å². The molecule has 0 radical (unpaired) electrons. The molecule has 1 aromatic carbocycles. The zero-order chi connectivity index (χ0) is 12.3. The normalized spacial score (nSPS) is 19.9. The van der Waals surface area contributed by atoms with E-state index < -0.39 is 0 Å². The van der Waals surface area contributed by atoms with Crippen molar-refractivity contribution in [1.82, 2.24) is 0 Å². The Kier molecular flexibility index (Phi) is 4.21. The minimum absolute atomic E-state index is 0.0895. The van der Waals surface area contributed by atoms with E-state index in [-0.39, 0.29) is 11.4 Å². The summed E-state index contributed by atoms with van der Waals surface area (Å²) in [6, 6.07) is 5.22. The van der Waals surface area contributed by atoms with E-state index in [2.05, 4.69) is 15.9 Å². The van der Waals surface area contributed by atoms with Crippen LogP contribution in [0.1, 0.15) is 44.1 Å². The lowest BCUT2D eigenvalue weighted by atomic mass is 9.85. The van der Waals surface area contributed by atoms with E-state index in [1.165, 1.54) is 31.7 Å². The maximum atomic E-state index is 13.2. The number of benzene rings is 1. The van der Waals surface area contributed by atoms with Gasteiger partial charge in [-0.3, -0.25) is 0 Å². The number of hydrogen-bond acceptors (Lipinski definition) is 1. The van der Waals surface area contributed by atoms with Crippen molar-refractivity contribution in [2.24, 2.45) is 5.73 Å². The van der Waals surface area contributed by atoms with Gasteiger partial charge in [-0.2, -0.15) is 0 Å². The summed E-state index contributed by atoms with van der Waals surface area (Å²) in [6.45, 7) is 0. The van der Waals surface area contributed by atoms with Gasteiger partial charge in [-0.1, -0.05) is 31.7 Å². The van der Waals surface area contributed by atoms with Crippen molar-refractivity contribution >= 4 is 15.9 Å². The van der Waals surface area contributed by atoms with E-state index in [4.69, 9.17) is 5.73 Å². The largest absolute Gasteiger partial charge is 0.325 e.